The quantitative estimate of drug-likeness (QED) is 0.736. The maximum Gasteiger partial charge on any atom is 0.0202 e. The standard InChI is InChI=1S/C19H33N/c1-8-19(5,6)13-17(18(2,3)4)16-11-9-15(10-12-16)14-20-7/h9-12,17,20H,8,13-14H2,1-7H3. The summed E-state index contributed by atoms with van der Waals surface area (Å²) in [6.07, 6.45) is 2.48. The van der Waals surface area contributed by atoms with Crippen molar-refractivity contribution in [1.82, 2.24) is 5.32 Å². The summed E-state index contributed by atoms with van der Waals surface area (Å²) in [5.74, 6) is 0.612. The van der Waals surface area contributed by atoms with E-state index in [0.29, 0.717) is 16.7 Å². The molecule has 1 nitrogen and oxygen atoms in total. The van der Waals surface area contributed by atoms with E-state index in [2.05, 4.69) is 71.1 Å². The van der Waals surface area contributed by atoms with E-state index < -0.39 is 0 Å². The van der Waals surface area contributed by atoms with Crippen LogP contribution >= 0.6 is 0 Å². The summed E-state index contributed by atoms with van der Waals surface area (Å²) in [6, 6.07) is 9.19. The fourth-order valence-corrected chi connectivity index (χ4v) is 2.69. The molecule has 0 saturated heterocycles. The highest BCUT2D eigenvalue weighted by Crippen LogP contribution is 2.44. The number of nitrogens with one attached hydrogen (secondary N) is 1. The molecule has 0 radical (unpaired) electrons. The fourth-order valence-electron chi connectivity index (χ4n) is 2.69. The van der Waals surface area contributed by atoms with Crippen LogP contribution in [0.1, 0.15) is 71.4 Å². The summed E-state index contributed by atoms with van der Waals surface area (Å²) < 4.78 is 0. The van der Waals surface area contributed by atoms with Gasteiger partial charge in [-0.2, -0.15) is 0 Å². The average molecular weight is 275 g/mol. The van der Waals surface area contributed by atoms with Crippen molar-refractivity contribution in [3.63, 3.8) is 0 Å². The van der Waals surface area contributed by atoms with Gasteiger partial charge in [-0.1, -0.05) is 72.2 Å². The van der Waals surface area contributed by atoms with Crippen LogP contribution in [0, 0.1) is 10.8 Å². The highest BCUT2D eigenvalue weighted by atomic mass is 14.8. The Bertz CT molecular complexity index is 395. The second-order valence-corrected chi connectivity index (χ2v) is 7.91. The lowest BCUT2D eigenvalue weighted by Gasteiger charge is -2.37. The molecule has 0 fully saturated rings. The lowest BCUT2D eigenvalue weighted by atomic mass is 9.68. The van der Waals surface area contributed by atoms with Crippen molar-refractivity contribution in [3.05, 3.63) is 35.4 Å². The Morgan fingerprint density at radius 3 is 1.95 bits per heavy atom. The zero-order chi connectivity index (χ0) is 15.4. The molecule has 0 amide bonds. The zero-order valence-corrected chi connectivity index (χ0v) is 14.5. The highest BCUT2D eigenvalue weighted by molar-refractivity contribution is 5.27. The molecule has 0 aliphatic heterocycles. The molecule has 0 heterocycles. The van der Waals surface area contributed by atoms with Crippen LogP contribution in [-0.4, -0.2) is 7.05 Å². The maximum atomic E-state index is 3.21. The second kappa shape index (κ2) is 6.76. The van der Waals surface area contributed by atoms with Crippen molar-refractivity contribution < 1.29 is 0 Å². The van der Waals surface area contributed by atoms with Crippen LogP contribution in [0.4, 0.5) is 0 Å². The van der Waals surface area contributed by atoms with Crippen LogP contribution in [0.25, 0.3) is 0 Å². The van der Waals surface area contributed by atoms with Gasteiger partial charge in [0.05, 0.1) is 0 Å². The van der Waals surface area contributed by atoms with Crippen molar-refractivity contribution >= 4 is 0 Å². The van der Waals surface area contributed by atoms with E-state index >= 15 is 0 Å². The molecule has 1 aromatic rings. The zero-order valence-electron chi connectivity index (χ0n) is 14.5. The van der Waals surface area contributed by atoms with Crippen LogP contribution in [0.3, 0.4) is 0 Å². The highest BCUT2D eigenvalue weighted by Gasteiger charge is 2.31. The molecule has 0 spiro atoms. The molecule has 0 bridgehead atoms. The lowest BCUT2D eigenvalue weighted by molar-refractivity contribution is 0.209. The van der Waals surface area contributed by atoms with Crippen molar-refractivity contribution in [3.8, 4) is 0 Å². The molecular formula is C19H33N. The number of benzene rings is 1. The Labute approximate surface area is 126 Å². The van der Waals surface area contributed by atoms with Crippen molar-refractivity contribution in [2.24, 2.45) is 10.8 Å². The summed E-state index contributed by atoms with van der Waals surface area (Å²) in [7, 11) is 2.00. The number of hydrogen-bond donors (Lipinski definition) is 1. The topological polar surface area (TPSA) is 12.0 Å². The van der Waals surface area contributed by atoms with Gasteiger partial charge >= 0.3 is 0 Å². The van der Waals surface area contributed by atoms with Gasteiger partial charge in [-0.25, -0.2) is 0 Å². The molecule has 0 aliphatic carbocycles. The van der Waals surface area contributed by atoms with E-state index in [0.717, 1.165) is 6.54 Å². The Kier molecular flexibility index (Phi) is 5.82. The first-order valence-corrected chi connectivity index (χ1v) is 7.93. The molecule has 114 valence electrons. The molecule has 1 heteroatoms. The minimum Gasteiger partial charge on any atom is -0.316 e. The van der Waals surface area contributed by atoms with Gasteiger partial charge in [0.25, 0.3) is 0 Å². The Morgan fingerprint density at radius 2 is 1.55 bits per heavy atom. The SMILES string of the molecule is CCC(C)(C)CC(c1ccc(CNC)cc1)C(C)(C)C. The van der Waals surface area contributed by atoms with Crippen LogP contribution in [0.15, 0.2) is 24.3 Å². The second-order valence-electron chi connectivity index (χ2n) is 7.91. The van der Waals surface area contributed by atoms with Gasteiger partial charge in [0.15, 0.2) is 0 Å². The van der Waals surface area contributed by atoms with Crippen LogP contribution in [0.2, 0.25) is 0 Å². The van der Waals surface area contributed by atoms with Crippen LogP contribution in [0.5, 0.6) is 0 Å². The van der Waals surface area contributed by atoms with Crippen LogP contribution < -0.4 is 5.32 Å². The largest absolute Gasteiger partial charge is 0.316 e. The van der Waals surface area contributed by atoms with Crippen LogP contribution in [-0.2, 0) is 6.54 Å². The first-order chi connectivity index (χ1) is 9.19. The summed E-state index contributed by atoms with van der Waals surface area (Å²) in [5, 5.41) is 3.21. The third-order valence-electron chi connectivity index (χ3n) is 4.52. The molecule has 20 heavy (non-hydrogen) atoms. The summed E-state index contributed by atoms with van der Waals surface area (Å²) >= 11 is 0. The van der Waals surface area contributed by atoms with Gasteiger partial charge in [0.2, 0.25) is 0 Å². The minimum absolute atomic E-state index is 0.303. The van der Waals surface area contributed by atoms with Gasteiger partial charge in [0, 0.05) is 6.54 Å². The lowest BCUT2D eigenvalue weighted by Crippen LogP contribution is -2.25. The first-order valence-electron chi connectivity index (χ1n) is 7.93. The maximum absolute atomic E-state index is 3.21. The smallest absolute Gasteiger partial charge is 0.0202 e. The van der Waals surface area contributed by atoms with Gasteiger partial charge in [-0.05, 0) is 41.3 Å². The summed E-state index contributed by atoms with van der Waals surface area (Å²) in [6.45, 7) is 15.1. The molecule has 1 rings (SSSR count). The number of hydrogen-bond acceptors (Lipinski definition) is 1. The van der Waals surface area contributed by atoms with Gasteiger partial charge in [-0.15, -0.1) is 0 Å². The average Bonchev–Trinajstić information content (AvgIpc) is 2.36. The summed E-state index contributed by atoms with van der Waals surface area (Å²) in [5.41, 5.74) is 3.55. The molecule has 1 aromatic carbocycles. The Morgan fingerprint density at radius 1 is 1.00 bits per heavy atom. The fraction of sp³-hybridized carbons (Fsp3) is 0.684. The van der Waals surface area contributed by atoms with E-state index in [4.69, 9.17) is 0 Å². The third-order valence-corrected chi connectivity index (χ3v) is 4.52. The van der Waals surface area contributed by atoms with Gasteiger partial charge in [-0.3, -0.25) is 0 Å². The summed E-state index contributed by atoms with van der Waals surface area (Å²) in [4.78, 5) is 0. The molecule has 1 atom stereocenters. The van der Waals surface area contributed by atoms with E-state index in [1.165, 1.54) is 24.0 Å². The Balaban J connectivity index is 2.99. The normalized spacial score (nSPS) is 14.3. The van der Waals surface area contributed by atoms with Gasteiger partial charge < -0.3 is 5.32 Å². The number of rotatable bonds is 6. The van der Waals surface area contributed by atoms with E-state index in [1.54, 1.807) is 0 Å². The molecule has 1 N–H and O–H groups in total. The molecule has 0 saturated carbocycles. The van der Waals surface area contributed by atoms with E-state index in [9.17, 15) is 0 Å². The van der Waals surface area contributed by atoms with Crippen molar-refractivity contribution in [2.45, 2.75) is 66.8 Å². The van der Waals surface area contributed by atoms with Crippen molar-refractivity contribution in [1.29, 1.82) is 0 Å². The monoisotopic (exact) mass is 275 g/mol. The minimum atomic E-state index is 0.303. The van der Waals surface area contributed by atoms with E-state index in [-0.39, 0.29) is 0 Å². The predicted molar refractivity (Wildman–Crippen MR) is 90.1 cm³/mol. The third kappa shape index (κ3) is 4.94. The van der Waals surface area contributed by atoms with E-state index in [1.807, 2.05) is 7.05 Å². The molecular weight excluding hydrogens is 242 g/mol. The predicted octanol–water partition coefficient (Wildman–Crippen LogP) is 5.36. The first kappa shape index (κ1) is 17.2. The molecule has 0 aromatic heterocycles. The Hall–Kier alpha value is -0.820. The molecule has 1 unspecified atom stereocenters. The van der Waals surface area contributed by atoms with Gasteiger partial charge in [0.1, 0.15) is 0 Å². The van der Waals surface area contributed by atoms with Crippen molar-refractivity contribution in [2.75, 3.05) is 7.05 Å². The molecule has 0 aliphatic rings.